The Morgan fingerprint density at radius 3 is 1.26 bits per heavy atom. The summed E-state index contributed by atoms with van der Waals surface area (Å²) in [4.78, 5) is 22.6. The van der Waals surface area contributed by atoms with Crippen molar-refractivity contribution in [2.75, 3.05) is 28.4 Å². The van der Waals surface area contributed by atoms with Crippen molar-refractivity contribution < 1.29 is 23.7 Å². The molecule has 0 aliphatic heterocycles. The maximum atomic E-state index is 13.6. The number of methoxy groups -OCH3 is 4. The lowest BCUT2D eigenvalue weighted by Gasteiger charge is -2.24. The van der Waals surface area contributed by atoms with Gasteiger partial charge in [0, 0.05) is 51.0 Å². The lowest BCUT2D eigenvalue weighted by Crippen LogP contribution is -2.42. The maximum Gasteiger partial charge on any atom is 0.316 e. The van der Waals surface area contributed by atoms with E-state index in [1.807, 2.05) is 59.9 Å². The van der Waals surface area contributed by atoms with Crippen LogP contribution in [0.15, 0.2) is 61.2 Å². The third-order valence-corrected chi connectivity index (χ3v) is 6.20. The Morgan fingerprint density at radius 2 is 1.00 bits per heavy atom. The van der Waals surface area contributed by atoms with E-state index in [1.165, 1.54) is 0 Å². The van der Waals surface area contributed by atoms with E-state index in [0.717, 1.165) is 11.1 Å². The number of carbonyl (C=O) groups is 1. The minimum Gasteiger partial charge on any atom is -0.497 e. The van der Waals surface area contributed by atoms with Crippen LogP contribution in [0.25, 0.3) is 0 Å². The summed E-state index contributed by atoms with van der Waals surface area (Å²) in [6, 6.07) is 9.24. The molecule has 11 nitrogen and oxygen atoms in total. The lowest BCUT2D eigenvalue weighted by atomic mass is 10.0. The summed E-state index contributed by atoms with van der Waals surface area (Å²) in [6.07, 6.45) is 6.99. The number of rotatable bonds is 10. The molecule has 2 atom stereocenters. The zero-order chi connectivity index (χ0) is 27.2. The number of nitrogens with zero attached hydrogens (tertiary/aromatic N) is 4. The van der Waals surface area contributed by atoms with Crippen LogP contribution < -0.4 is 29.6 Å². The quantitative estimate of drug-likeness (QED) is 0.330. The van der Waals surface area contributed by atoms with Crippen molar-refractivity contribution >= 4 is 6.03 Å². The summed E-state index contributed by atoms with van der Waals surface area (Å²) >= 11 is 0. The van der Waals surface area contributed by atoms with E-state index >= 15 is 0 Å². The molecule has 2 heterocycles. The number of hydrogen-bond acceptors (Lipinski definition) is 7. The number of imidazole rings is 2. The molecular formula is C27H32N6O5. The van der Waals surface area contributed by atoms with E-state index in [9.17, 15) is 4.79 Å². The molecule has 4 aromatic rings. The highest BCUT2D eigenvalue weighted by atomic mass is 16.5. The zero-order valence-electron chi connectivity index (χ0n) is 22.3. The van der Waals surface area contributed by atoms with Crippen LogP contribution in [0, 0.1) is 0 Å². The van der Waals surface area contributed by atoms with Crippen molar-refractivity contribution in [1.82, 2.24) is 29.7 Å². The van der Waals surface area contributed by atoms with Crippen LogP contribution in [0.2, 0.25) is 0 Å². The second-order valence-electron chi connectivity index (χ2n) is 8.57. The molecule has 0 saturated heterocycles. The molecule has 2 amide bonds. The van der Waals surface area contributed by atoms with Crippen LogP contribution in [-0.2, 0) is 14.1 Å². The number of aryl methyl sites for hydroxylation is 2. The second kappa shape index (κ2) is 11.6. The van der Waals surface area contributed by atoms with Crippen molar-refractivity contribution in [3.63, 3.8) is 0 Å². The Labute approximate surface area is 221 Å². The molecule has 2 N–H and O–H groups in total. The molecule has 38 heavy (non-hydrogen) atoms. The van der Waals surface area contributed by atoms with Crippen LogP contribution in [0.5, 0.6) is 23.0 Å². The molecule has 0 aliphatic carbocycles. The fourth-order valence-electron chi connectivity index (χ4n) is 4.20. The SMILES string of the molecule is COc1cc(OC)cc(C(NC(=O)NC(c2cc(OC)cc(OC)c2)c2nccn2C)c2nccn2C)c1. The minimum absolute atomic E-state index is 0.436. The van der Waals surface area contributed by atoms with E-state index < -0.39 is 18.1 Å². The fraction of sp³-hybridized carbons (Fsp3) is 0.296. The van der Waals surface area contributed by atoms with Gasteiger partial charge in [-0.15, -0.1) is 0 Å². The highest BCUT2D eigenvalue weighted by molar-refractivity contribution is 5.76. The largest absolute Gasteiger partial charge is 0.497 e. The first-order valence-corrected chi connectivity index (χ1v) is 11.8. The van der Waals surface area contributed by atoms with Gasteiger partial charge < -0.3 is 38.7 Å². The molecule has 0 aliphatic rings. The first kappa shape index (κ1) is 26.4. The van der Waals surface area contributed by atoms with Crippen molar-refractivity contribution in [3.8, 4) is 23.0 Å². The van der Waals surface area contributed by atoms with Gasteiger partial charge in [0.2, 0.25) is 0 Å². The Kier molecular flexibility index (Phi) is 8.05. The second-order valence-corrected chi connectivity index (χ2v) is 8.57. The van der Waals surface area contributed by atoms with Gasteiger partial charge in [-0.25, -0.2) is 14.8 Å². The normalized spacial score (nSPS) is 12.4. The molecule has 11 heteroatoms. The maximum absolute atomic E-state index is 13.6. The van der Waals surface area contributed by atoms with Crippen molar-refractivity contribution in [3.05, 3.63) is 84.0 Å². The monoisotopic (exact) mass is 520 g/mol. The van der Waals surface area contributed by atoms with Crippen LogP contribution in [0.3, 0.4) is 0 Å². The zero-order valence-corrected chi connectivity index (χ0v) is 22.3. The smallest absolute Gasteiger partial charge is 0.316 e. The van der Waals surface area contributed by atoms with E-state index in [2.05, 4.69) is 20.6 Å². The van der Waals surface area contributed by atoms with E-state index in [1.54, 1.807) is 53.0 Å². The van der Waals surface area contributed by atoms with Gasteiger partial charge >= 0.3 is 6.03 Å². The highest BCUT2D eigenvalue weighted by Crippen LogP contribution is 2.31. The van der Waals surface area contributed by atoms with Gasteiger partial charge in [0.05, 0.1) is 28.4 Å². The average molecular weight is 521 g/mol. The molecule has 2 unspecified atom stereocenters. The number of carbonyl (C=O) groups excluding carboxylic acids is 1. The number of aromatic nitrogens is 4. The molecule has 0 saturated carbocycles. The first-order chi connectivity index (χ1) is 18.4. The Morgan fingerprint density at radius 1 is 0.658 bits per heavy atom. The van der Waals surface area contributed by atoms with Gasteiger partial charge in [0.15, 0.2) is 0 Å². The number of ether oxygens (including phenoxy) is 4. The van der Waals surface area contributed by atoms with Crippen LogP contribution in [0.4, 0.5) is 4.79 Å². The van der Waals surface area contributed by atoms with E-state index in [4.69, 9.17) is 18.9 Å². The molecule has 0 fully saturated rings. The van der Waals surface area contributed by atoms with Gasteiger partial charge in [-0.05, 0) is 35.4 Å². The Hall–Kier alpha value is -4.67. The van der Waals surface area contributed by atoms with Gasteiger partial charge in [-0.1, -0.05) is 0 Å². The van der Waals surface area contributed by atoms with Gasteiger partial charge in [0.1, 0.15) is 46.7 Å². The summed E-state index contributed by atoms with van der Waals surface area (Å²) < 4.78 is 25.5. The summed E-state index contributed by atoms with van der Waals surface area (Å²) in [5, 5.41) is 6.15. The number of urea groups is 1. The number of amides is 2. The summed E-state index contributed by atoms with van der Waals surface area (Å²) in [6.45, 7) is 0. The fourth-order valence-corrected chi connectivity index (χ4v) is 4.20. The van der Waals surface area contributed by atoms with Crippen LogP contribution >= 0.6 is 0 Å². The van der Waals surface area contributed by atoms with E-state index in [0.29, 0.717) is 34.6 Å². The standard InChI is InChI=1S/C27H32N6O5/c1-32-9-7-28-25(32)23(17-11-19(35-3)15-20(12-17)36-4)30-27(34)31-24(26-29-8-10-33(26)2)18-13-21(37-5)16-22(14-18)38-6/h7-16,23-24H,1-6H3,(H2,30,31,34). The van der Waals surface area contributed by atoms with Gasteiger partial charge in [-0.2, -0.15) is 0 Å². The number of benzene rings is 2. The predicted octanol–water partition coefficient (Wildman–Crippen LogP) is 3.37. The average Bonchev–Trinajstić information content (AvgIpc) is 3.57. The van der Waals surface area contributed by atoms with Crippen molar-refractivity contribution in [1.29, 1.82) is 0 Å². The Bertz CT molecular complexity index is 1250. The first-order valence-electron chi connectivity index (χ1n) is 11.8. The van der Waals surface area contributed by atoms with E-state index in [-0.39, 0.29) is 0 Å². The molecule has 0 radical (unpaired) electrons. The van der Waals surface area contributed by atoms with Gasteiger partial charge in [-0.3, -0.25) is 0 Å². The topological polar surface area (TPSA) is 114 Å². The van der Waals surface area contributed by atoms with Gasteiger partial charge in [0.25, 0.3) is 0 Å². The van der Waals surface area contributed by atoms with Crippen molar-refractivity contribution in [2.45, 2.75) is 12.1 Å². The molecule has 4 rings (SSSR count). The summed E-state index contributed by atoms with van der Waals surface area (Å²) in [5.41, 5.74) is 1.48. The summed E-state index contributed by atoms with van der Waals surface area (Å²) in [7, 11) is 10.0. The molecule has 0 spiro atoms. The molecule has 2 aromatic heterocycles. The number of hydrogen-bond donors (Lipinski definition) is 2. The predicted molar refractivity (Wildman–Crippen MR) is 141 cm³/mol. The summed E-state index contributed by atoms with van der Waals surface area (Å²) in [5.74, 6) is 3.63. The molecular weight excluding hydrogens is 488 g/mol. The number of nitrogens with one attached hydrogen (secondary N) is 2. The third-order valence-electron chi connectivity index (χ3n) is 6.20. The molecule has 0 bridgehead atoms. The molecule has 200 valence electrons. The van der Waals surface area contributed by atoms with Crippen molar-refractivity contribution in [2.24, 2.45) is 14.1 Å². The Balaban J connectivity index is 1.71. The van der Waals surface area contributed by atoms with Crippen LogP contribution in [-0.4, -0.2) is 53.6 Å². The molecule has 2 aromatic carbocycles. The third kappa shape index (κ3) is 5.66. The lowest BCUT2D eigenvalue weighted by molar-refractivity contribution is 0.235. The minimum atomic E-state index is -0.610. The van der Waals surface area contributed by atoms with Crippen LogP contribution in [0.1, 0.15) is 34.9 Å². The highest BCUT2D eigenvalue weighted by Gasteiger charge is 2.27.